The number of rotatable bonds is 6. The zero-order chi connectivity index (χ0) is 13.2. The molecule has 10 heteroatoms. The van der Waals surface area contributed by atoms with Gasteiger partial charge in [0.15, 0.2) is 0 Å². The molecule has 0 fully saturated rings. The normalized spacial score (nSPS) is 14.5. The van der Waals surface area contributed by atoms with Gasteiger partial charge in [-0.05, 0) is 13.1 Å². The van der Waals surface area contributed by atoms with Crippen molar-refractivity contribution in [1.29, 1.82) is 0 Å². The molecule has 0 atom stereocenters. The van der Waals surface area contributed by atoms with E-state index >= 15 is 0 Å². The summed E-state index contributed by atoms with van der Waals surface area (Å²) in [5, 5.41) is 6.21. The van der Waals surface area contributed by atoms with Crippen molar-refractivity contribution in [2.75, 3.05) is 19.7 Å². The third-order valence-electron chi connectivity index (χ3n) is 2.42. The molecule has 0 aromatic heterocycles. The van der Waals surface area contributed by atoms with Gasteiger partial charge in [-0.1, -0.05) is 13.8 Å². The van der Waals surface area contributed by atoms with Crippen molar-refractivity contribution in [1.82, 2.24) is 4.90 Å². The second kappa shape index (κ2) is 5.25. The maximum atomic E-state index is 11.3. The number of likely N-dealkylation sites (N-methyl/N-ethyl adjacent to an activating group) is 1. The highest BCUT2D eigenvalue weighted by Gasteiger charge is 2.63. The molecule has 0 rings (SSSR count). The average Bonchev–Trinajstić information content (AvgIpc) is 2.09. The summed E-state index contributed by atoms with van der Waals surface area (Å²) in [7, 11) is -10.4. The van der Waals surface area contributed by atoms with Crippen LogP contribution in [0.25, 0.3) is 0 Å². The zero-order valence-corrected chi connectivity index (χ0v) is 10.8. The Balaban J connectivity index is 5.86. The molecule has 0 aromatic rings. The lowest BCUT2D eigenvalue weighted by Gasteiger charge is -2.41. The molecule has 0 aromatic carbocycles. The van der Waals surface area contributed by atoms with Crippen LogP contribution in [0.3, 0.4) is 0 Å². The van der Waals surface area contributed by atoms with Crippen LogP contribution in [0.15, 0.2) is 0 Å². The summed E-state index contributed by atoms with van der Waals surface area (Å²) in [5.74, 6) is 0. The fourth-order valence-corrected chi connectivity index (χ4v) is 4.58. The molecule has 0 spiro atoms. The molecule has 8 nitrogen and oxygen atoms in total. The first kappa shape index (κ1) is 16.2. The second-order valence-corrected chi connectivity index (χ2v) is 7.20. The maximum absolute atomic E-state index is 11.3. The summed E-state index contributed by atoms with van der Waals surface area (Å²) in [5.41, 5.74) is 0. The number of nitrogens with zero attached hydrogens (tertiary/aromatic N) is 1. The molecule has 98 valence electrons. The van der Waals surface area contributed by atoms with Crippen LogP contribution in [0.4, 0.5) is 0 Å². The molecule has 0 heterocycles. The van der Waals surface area contributed by atoms with Crippen LogP contribution in [0.2, 0.25) is 0 Å². The fraction of sp³-hybridized carbons (Fsp3) is 1.00. The van der Waals surface area contributed by atoms with Crippen LogP contribution in [-0.2, 0) is 9.13 Å². The van der Waals surface area contributed by atoms with Gasteiger partial charge in [0.25, 0.3) is 0 Å². The Kier molecular flexibility index (Phi) is 5.32. The maximum Gasteiger partial charge on any atom is 0.360 e. The quantitative estimate of drug-likeness (QED) is 0.403. The van der Waals surface area contributed by atoms with Gasteiger partial charge in [0.05, 0.1) is 6.61 Å². The molecule has 0 amide bonds. The minimum Gasteiger partial charge on any atom is -0.393 e. The van der Waals surface area contributed by atoms with E-state index in [1.54, 1.807) is 0 Å². The molecule has 0 saturated carbocycles. The molecule has 0 unspecified atom stereocenters. The number of hydrogen-bond donors (Lipinski definition) is 5. The summed E-state index contributed by atoms with van der Waals surface area (Å²) < 4.78 is 22.6. The highest BCUT2D eigenvalue weighted by atomic mass is 31.2. The van der Waals surface area contributed by atoms with Crippen LogP contribution in [0.5, 0.6) is 0 Å². The number of aliphatic hydroxyl groups is 1. The van der Waals surface area contributed by atoms with Crippen molar-refractivity contribution in [3.63, 3.8) is 0 Å². The molecule has 0 radical (unpaired) electrons. The summed E-state index contributed by atoms with van der Waals surface area (Å²) in [6.45, 7) is 1.64. The first-order chi connectivity index (χ1) is 7.08. The second-order valence-electron chi connectivity index (χ2n) is 3.19. The van der Waals surface area contributed by atoms with Gasteiger partial charge in [-0.3, -0.25) is 14.0 Å². The van der Waals surface area contributed by atoms with E-state index in [2.05, 4.69) is 0 Å². The number of hydrogen-bond acceptors (Lipinski definition) is 4. The van der Waals surface area contributed by atoms with E-state index in [9.17, 15) is 9.13 Å². The Bertz CT molecular complexity index is 295. The van der Waals surface area contributed by atoms with Gasteiger partial charge >= 0.3 is 15.2 Å². The molecule has 0 aliphatic carbocycles. The standard InChI is InChI=1S/C6H17NO7P2/c1-3-7(4-2)6(5-8,15(9,10)11)16(12,13)14/h8H,3-5H2,1-2H3,(H2,9,10,11)(H2,12,13,14). The SMILES string of the molecule is CCN(CC)C(CO)(P(=O)(O)O)P(=O)(O)O. The van der Waals surface area contributed by atoms with Crippen molar-refractivity contribution < 1.29 is 33.8 Å². The predicted molar refractivity (Wildman–Crippen MR) is 56.8 cm³/mol. The topological polar surface area (TPSA) is 139 Å². The molecule has 0 saturated heterocycles. The van der Waals surface area contributed by atoms with Crippen molar-refractivity contribution in [3.05, 3.63) is 0 Å². The Morgan fingerprint density at radius 2 is 1.31 bits per heavy atom. The third kappa shape index (κ3) is 2.55. The van der Waals surface area contributed by atoms with Crippen molar-refractivity contribution in [2.45, 2.75) is 18.9 Å². The highest BCUT2D eigenvalue weighted by Crippen LogP contribution is 2.69. The van der Waals surface area contributed by atoms with Crippen LogP contribution < -0.4 is 0 Å². The predicted octanol–water partition coefficient (Wildman–Crippen LogP) is -0.670. The fourth-order valence-electron chi connectivity index (χ4n) is 1.55. The average molecular weight is 277 g/mol. The van der Waals surface area contributed by atoms with E-state index in [0.29, 0.717) is 0 Å². The van der Waals surface area contributed by atoms with E-state index in [4.69, 9.17) is 24.7 Å². The Morgan fingerprint density at radius 1 is 1.00 bits per heavy atom. The molecular weight excluding hydrogens is 260 g/mol. The zero-order valence-electron chi connectivity index (χ0n) is 9.02. The molecular formula is C6H17NO7P2. The van der Waals surface area contributed by atoms with E-state index in [0.717, 1.165) is 4.90 Å². The lowest BCUT2D eigenvalue weighted by atomic mass is 10.5. The van der Waals surface area contributed by atoms with Crippen LogP contribution >= 0.6 is 15.2 Å². The van der Waals surface area contributed by atoms with Crippen molar-refractivity contribution >= 4 is 15.2 Å². The minimum absolute atomic E-state index is 0.00667. The Morgan fingerprint density at radius 3 is 1.38 bits per heavy atom. The first-order valence-corrected chi connectivity index (χ1v) is 7.78. The lowest BCUT2D eigenvalue weighted by Crippen LogP contribution is -2.50. The van der Waals surface area contributed by atoms with Crippen molar-refractivity contribution in [3.8, 4) is 0 Å². The smallest absolute Gasteiger partial charge is 0.360 e. The Hall–Kier alpha value is 0.220. The minimum atomic E-state index is -5.20. The van der Waals surface area contributed by atoms with E-state index in [1.165, 1.54) is 13.8 Å². The summed E-state index contributed by atoms with van der Waals surface area (Å²) in [6, 6.07) is 0. The highest BCUT2D eigenvalue weighted by molar-refractivity contribution is 7.72. The van der Waals surface area contributed by atoms with Gasteiger partial charge in [0, 0.05) is 0 Å². The Labute approximate surface area is 93.2 Å². The molecule has 0 bridgehead atoms. The monoisotopic (exact) mass is 277 g/mol. The van der Waals surface area contributed by atoms with Crippen LogP contribution in [0.1, 0.15) is 13.8 Å². The van der Waals surface area contributed by atoms with Gasteiger partial charge in [-0.25, -0.2) is 0 Å². The largest absolute Gasteiger partial charge is 0.393 e. The van der Waals surface area contributed by atoms with E-state index in [-0.39, 0.29) is 13.1 Å². The van der Waals surface area contributed by atoms with Gasteiger partial charge in [0.2, 0.25) is 5.02 Å². The first-order valence-electron chi connectivity index (χ1n) is 4.55. The third-order valence-corrected chi connectivity index (χ3v) is 6.69. The molecule has 0 aliphatic heterocycles. The lowest BCUT2D eigenvalue weighted by molar-refractivity contribution is 0.108. The van der Waals surface area contributed by atoms with Gasteiger partial charge < -0.3 is 24.7 Å². The van der Waals surface area contributed by atoms with E-state index < -0.39 is 26.8 Å². The van der Waals surface area contributed by atoms with Gasteiger partial charge in [0.1, 0.15) is 0 Å². The van der Waals surface area contributed by atoms with Gasteiger partial charge in [-0.2, -0.15) is 0 Å². The number of aliphatic hydroxyl groups excluding tert-OH is 1. The summed E-state index contributed by atoms with van der Waals surface area (Å²) >= 11 is 0. The summed E-state index contributed by atoms with van der Waals surface area (Å²) in [4.78, 5) is 37.3. The van der Waals surface area contributed by atoms with E-state index in [1.807, 2.05) is 0 Å². The summed E-state index contributed by atoms with van der Waals surface area (Å²) in [6.07, 6.45) is 0. The van der Waals surface area contributed by atoms with Gasteiger partial charge in [-0.15, -0.1) is 0 Å². The van der Waals surface area contributed by atoms with Crippen LogP contribution in [-0.4, -0.2) is 54.3 Å². The van der Waals surface area contributed by atoms with Crippen molar-refractivity contribution in [2.24, 2.45) is 0 Å². The molecule has 16 heavy (non-hydrogen) atoms. The molecule has 5 N–H and O–H groups in total. The molecule has 0 aliphatic rings. The van der Waals surface area contributed by atoms with Crippen LogP contribution in [0, 0.1) is 0 Å².